The fourth-order valence-corrected chi connectivity index (χ4v) is 2.48. The van der Waals surface area contributed by atoms with Gasteiger partial charge in [0.05, 0.1) is 13.2 Å². The third kappa shape index (κ3) is 1.50. The zero-order chi connectivity index (χ0) is 10.9. The molecule has 0 unspecified atom stereocenters. The van der Waals surface area contributed by atoms with Crippen LogP contribution < -0.4 is 5.73 Å². The summed E-state index contributed by atoms with van der Waals surface area (Å²) in [5.74, 6) is 0. The molecule has 0 radical (unpaired) electrons. The van der Waals surface area contributed by atoms with Gasteiger partial charge in [-0.2, -0.15) is 0 Å². The van der Waals surface area contributed by atoms with Crippen LogP contribution in [0.2, 0.25) is 0 Å². The van der Waals surface area contributed by atoms with E-state index in [1.165, 1.54) is 5.56 Å². The van der Waals surface area contributed by atoms with Gasteiger partial charge in [0.25, 0.3) is 0 Å². The minimum atomic E-state index is 0.159. The molecule has 0 aromatic carbocycles. The fraction of sp³-hybridized carbons (Fsp3) is 0.667. The number of aromatic nitrogens is 1. The summed E-state index contributed by atoms with van der Waals surface area (Å²) < 4.78 is 5.44. The molecule has 0 atom stereocenters. The maximum absolute atomic E-state index is 5.69. The molecule has 15 heavy (non-hydrogen) atoms. The Morgan fingerprint density at radius 1 is 1.53 bits per heavy atom. The Labute approximate surface area is 91.0 Å². The smallest absolute Gasteiger partial charge is 0.0591 e. The van der Waals surface area contributed by atoms with Crippen LogP contribution in [-0.4, -0.2) is 24.7 Å². The van der Waals surface area contributed by atoms with Crippen molar-refractivity contribution in [2.45, 2.75) is 25.7 Å². The Morgan fingerprint density at radius 3 is 2.67 bits per heavy atom. The van der Waals surface area contributed by atoms with Gasteiger partial charge in [0.15, 0.2) is 0 Å². The Hall–Kier alpha value is -0.800. The van der Waals surface area contributed by atoms with Gasteiger partial charge in [0.1, 0.15) is 0 Å². The number of hydrogen-bond donors (Lipinski definition) is 2. The first-order valence-corrected chi connectivity index (χ1v) is 5.53. The lowest BCUT2D eigenvalue weighted by molar-refractivity contribution is -0.121. The molecule has 3 nitrogen and oxygen atoms in total. The van der Waals surface area contributed by atoms with Gasteiger partial charge in [-0.1, -0.05) is 13.8 Å². The van der Waals surface area contributed by atoms with Crippen molar-refractivity contribution in [3.8, 4) is 0 Å². The van der Waals surface area contributed by atoms with E-state index < -0.39 is 0 Å². The topological polar surface area (TPSA) is 51.0 Å². The number of hydrogen-bond acceptors (Lipinski definition) is 2. The van der Waals surface area contributed by atoms with Crippen molar-refractivity contribution in [1.29, 1.82) is 0 Å². The lowest BCUT2D eigenvalue weighted by Gasteiger charge is -2.52. The monoisotopic (exact) mass is 208 g/mol. The maximum atomic E-state index is 5.69. The molecule has 0 spiro atoms. The predicted octanol–water partition coefficient (Wildman–Crippen LogP) is 1.66. The zero-order valence-electron chi connectivity index (χ0n) is 9.55. The number of ether oxygens (including phenoxy) is 1. The second kappa shape index (κ2) is 3.65. The Morgan fingerprint density at radius 2 is 2.27 bits per heavy atom. The van der Waals surface area contributed by atoms with E-state index in [0.717, 1.165) is 26.2 Å². The number of nitrogens with one attached hydrogen (secondary N) is 1. The van der Waals surface area contributed by atoms with Crippen LogP contribution in [0.4, 0.5) is 0 Å². The zero-order valence-corrected chi connectivity index (χ0v) is 9.55. The lowest BCUT2D eigenvalue weighted by atomic mass is 9.59. The van der Waals surface area contributed by atoms with Crippen molar-refractivity contribution in [2.24, 2.45) is 11.1 Å². The molecule has 3 heteroatoms. The van der Waals surface area contributed by atoms with Crippen molar-refractivity contribution in [3.05, 3.63) is 24.0 Å². The van der Waals surface area contributed by atoms with E-state index in [1.54, 1.807) is 0 Å². The third-order valence-corrected chi connectivity index (χ3v) is 3.91. The molecule has 1 aliphatic heterocycles. The van der Waals surface area contributed by atoms with Crippen LogP contribution in [0.1, 0.15) is 25.8 Å². The van der Waals surface area contributed by atoms with Crippen molar-refractivity contribution in [2.75, 3.05) is 19.8 Å². The van der Waals surface area contributed by atoms with E-state index in [-0.39, 0.29) is 10.8 Å². The van der Waals surface area contributed by atoms with Gasteiger partial charge >= 0.3 is 0 Å². The van der Waals surface area contributed by atoms with E-state index in [9.17, 15) is 0 Å². The highest BCUT2D eigenvalue weighted by Crippen LogP contribution is 2.48. The largest absolute Gasteiger partial charge is 0.379 e. The van der Waals surface area contributed by atoms with Gasteiger partial charge in [-0.25, -0.2) is 0 Å². The molecule has 0 bridgehead atoms. The molecule has 0 aliphatic carbocycles. The molecule has 3 N–H and O–H groups in total. The molecule has 0 amide bonds. The quantitative estimate of drug-likeness (QED) is 0.790. The molecule has 2 rings (SSSR count). The molecule has 1 fully saturated rings. The van der Waals surface area contributed by atoms with E-state index >= 15 is 0 Å². The molecule has 2 heterocycles. The van der Waals surface area contributed by atoms with E-state index in [1.807, 2.05) is 6.20 Å². The standard InChI is InChI=1S/C12H20N2O/c1-11(2,4-5-13)12(8-15-9-12)10-3-6-14-7-10/h3,6-7,14H,4-5,8-9,13H2,1-2H3. The molecule has 84 valence electrons. The summed E-state index contributed by atoms with van der Waals surface area (Å²) in [6, 6.07) is 2.15. The second-order valence-corrected chi connectivity index (χ2v) is 5.10. The Balaban J connectivity index is 2.29. The highest BCUT2D eigenvalue weighted by Gasteiger charge is 2.51. The molecule has 1 saturated heterocycles. The Bertz CT molecular complexity index is 312. The van der Waals surface area contributed by atoms with Gasteiger partial charge in [-0.3, -0.25) is 0 Å². The predicted molar refractivity (Wildman–Crippen MR) is 60.7 cm³/mol. The van der Waals surface area contributed by atoms with Crippen LogP contribution in [0.5, 0.6) is 0 Å². The number of nitrogens with two attached hydrogens (primary N) is 1. The Kier molecular flexibility index (Phi) is 2.61. The summed E-state index contributed by atoms with van der Waals surface area (Å²) in [6.45, 7) is 6.94. The lowest BCUT2D eigenvalue weighted by Crippen LogP contribution is -2.57. The highest BCUT2D eigenvalue weighted by atomic mass is 16.5. The van der Waals surface area contributed by atoms with Crippen LogP contribution in [0.15, 0.2) is 18.5 Å². The van der Waals surface area contributed by atoms with E-state index in [4.69, 9.17) is 10.5 Å². The number of aromatic amines is 1. The first-order chi connectivity index (χ1) is 7.12. The van der Waals surface area contributed by atoms with Crippen LogP contribution in [0.3, 0.4) is 0 Å². The average Bonchev–Trinajstić information content (AvgIpc) is 2.53. The average molecular weight is 208 g/mol. The summed E-state index contributed by atoms with van der Waals surface area (Å²) in [6.07, 6.45) is 5.09. The van der Waals surface area contributed by atoms with Crippen LogP contribution in [-0.2, 0) is 10.2 Å². The van der Waals surface area contributed by atoms with E-state index in [0.29, 0.717) is 0 Å². The highest BCUT2D eigenvalue weighted by molar-refractivity contribution is 5.28. The summed E-state index contributed by atoms with van der Waals surface area (Å²) in [4.78, 5) is 3.13. The van der Waals surface area contributed by atoms with Crippen molar-refractivity contribution >= 4 is 0 Å². The fourth-order valence-electron chi connectivity index (χ4n) is 2.48. The second-order valence-electron chi connectivity index (χ2n) is 5.10. The number of rotatable bonds is 4. The van der Waals surface area contributed by atoms with Crippen molar-refractivity contribution in [1.82, 2.24) is 4.98 Å². The van der Waals surface area contributed by atoms with Gasteiger partial charge in [-0.05, 0) is 30.0 Å². The number of H-pyrrole nitrogens is 1. The third-order valence-electron chi connectivity index (χ3n) is 3.91. The van der Waals surface area contributed by atoms with Crippen molar-refractivity contribution in [3.63, 3.8) is 0 Å². The maximum Gasteiger partial charge on any atom is 0.0591 e. The first kappa shape index (κ1) is 10.7. The summed E-state index contributed by atoms with van der Waals surface area (Å²) >= 11 is 0. The van der Waals surface area contributed by atoms with Gasteiger partial charge in [0.2, 0.25) is 0 Å². The summed E-state index contributed by atoms with van der Waals surface area (Å²) in [7, 11) is 0. The van der Waals surface area contributed by atoms with Gasteiger partial charge < -0.3 is 15.5 Å². The molecular weight excluding hydrogens is 188 g/mol. The normalized spacial score (nSPS) is 19.9. The molecular formula is C12H20N2O. The van der Waals surface area contributed by atoms with Gasteiger partial charge in [0, 0.05) is 17.8 Å². The van der Waals surface area contributed by atoms with Crippen LogP contribution in [0.25, 0.3) is 0 Å². The minimum absolute atomic E-state index is 0.159. The molecule has 0 saturated carbocycles. The minimum Gasteiger partial charge on any atom is -0.379 e. The molecule has 1 aromatic rings. The van der Waals surface area contributed by atoms with E-state index in [2.05, 4.69) is 31.1 Å². The van der Waals surface area contributed by atoms with Crippen LogP contribution in [0, 0.1) is 5.41 Å². The molecule has 1 aliphatic rings. The van der Waals surface area contributed by atoms with Crippen LogP contribution >= 0.6 is 0 Å². The van der Waals surface area contributed by atoms with Gasteiger partial charge in [-0.15, -0.1) is 0 Å². The summed E-state index contributed by atoms with van der Waals surface area (Å²) in [5, 5.41) is 0. The summed E-state index contributed by atoms with van der Waals surface area (Å²) in [5.41, 5.74) is 7.40. The SMILES string of the molecule is CC(C)(CCN)C1(c2cc[nH]c2)COC1. The first-order valence-electron chi connectivity index (χ1n) is 5.53. The van der Waals surface area contributed by atoms with Crippen molar-refractivity contribution < 1.29 is 4.74 Å². The molecule has 1 aromatic heterocycles.